The summed E-state index contributed by atoms with van der Waals surface area (Å²) >= 11 is 0. The summed E-state index contributed by atoms with van der Waals surface area (Å²) in [5.74, 6) is 1.38. The number of amides is 1. The number of hydrogen-bond acceptors (Lipinski definition) is 6. The van der Waals surface area contributed by atoms with Crippen LogP contribution in [0.2, 0.25) is 0 Å². The molecule has 7 nitrogen and oxygen atoms in total. The van der Waals surface area contributed by atoms with Crippen LogP contribution in [0.25, 0.3) is 0 Å². The summed E-state index contributed by atoms with van der Waals surface area (Å²) in [7, 11) is 1.93. The van der Waals surface area contributed by atoms with E-state index in [4.69, 9.17) is 4.98 Å². The Morgan fingerprint density at radius 1 is 1.05 bits per heavy atom. The van der Waals surface area contributed by atoms with Crippen LogP contribution in [0.5, 0.6) is 0 Å². The first-order chi connectivity index (χ1) is 18.0. The topological polar surface area (TPSA) is 72.5 Å². The second-order valence-corrected chi connectivity index (χ2v) is 13.0. The average molecular weight is 521 g/mol. The summed E-state index contributed by atoms with van der Waals surface area (Å²) < 4.78 is 0. The Hall–Kier alpha value is -2.80. The summed E-state index contributed by atoms with van der Waals surface area (Å²) in [6.45, 7) is 16.3. The normalized spacial score (nSPS) is 22.1. The van der Waals surface area contributed by atoms with Crippen LogP contribution >= 0.6 is 0 Å². The van der Waals surface area contributed by atoms with Crippen LogP contribution < -0.4 is 20.9 Å². The van der Waals surface area contributed by atoms with E-state index < -0.39 is 0 Å². The van der Waals surface area contributed by atoms with Crippen molar-refractivity contribution in [3.8, 4) is 0 Å². The largest absolute Gasteiger partial charge is 0.382 e. The monoisotopic (exact) mass is 520 g/mol. The van der Waals surface area contributed by atoms with Crippen molar-refractivity contribution in [3.05, 3.63) is 48.2 Å². The molecule has 2 fully saturated rings. The van der Waals surface area contributed by atoms with E-state index in [1.807, 2.05) is 7.05 Å². The molecule has 38 heavy (non-hydrogen) atoms. The first kappa shape index (κ1) is 28.2. The molecule has 0 radical (unpaired) electrons. The minimum absolute atomic E-state index is 0.0677. The van der Waals surface area contributed by atoms with Crippen LogP contribution in [0.3, 0.4) is 0 Å². The minimum atomic E-state index is 0.0677. The molecule has 2 aliphatic rings. The Labute approximate surface area is 229 Å². The van der Waals surface area contributed by atoms with Gasteiger partial charge in [-0.3, -0.25) is 9.69 Å². The maximum absolute atomic E-state index is 13.2. The molecule has 1 aliphatic carbocycles. The second-order valence-electron chi connectivity index (χ2n) is 13.0. The number of nitrogens with one attached hydrogen (secondary N) is 3. The number of carbonyl (C=O) groups excluding carboxylic acids is 1. The molecule has 2 atom stereocenters. The van der Waals surface area contributed by atoms with E-state index in [0.717, 1.165) is 69.2 Å². The fourth-order valence-electron chi connectivity index (χ4n) is 5.61. The summed E-state index contributed by atoms with van der Waals surface area (Å²) in [6.07, 6.45) is 3.08. The zero-order valence-electron chi connectivity index (χ0n) is 24.3. The Balaban J connectivity index is 1.33. The lowest BCUT2D eigenvalue weighted by atomic mass is 9.68. The number of anilines is 3. The third kappa shape index (κ3) is 7.40. The Morgan fingerprint density at radius 3 is 2.42 bits per heavy atom. The molecule has 3 N–H and O–H groups in total. The molecular weight excluding hydrogens is 472 g/mol. The molecular formula is C31H48N6O. The van der Waals surface area contributed by atoms with Gasteiger partial charge in [-0.25, -0.2) is 4.98 Å². The van der Waals surface area contributed by atoms with Crippen LogP contribution in [0.4, 0.5) is 17.2 Å². The Kier molecular flexibility index (Phi) is 8.86. The van der Waals surface area contributed by atoms with Gasteiger partial charge in [0.25, 0.3) is 0 Å². The van der Waals surface area contributed by atoms with Gasteiger partial charge in [-0.1, -0.05) is 52.8 Å². The number of nitrogens with zero attached hydrogens (tertiary/aromatic N) is 3. The van der Waals surface area contributed by atoms with E-state index in [2.05, 4.69) is 103 Å². The Bertz CT molecular complexity index is 1060. The highest BCUT2D eigenvalue weighted by molar-refractivity contribution is 5.78. The second kappa shape index (κ2) is 11.9. The molecule has 1 saturated heterocycles. The summed E-state index contributed by atoms with van der Waals surface area (Å²) in [6, 6.07) is 15.0. The SMILES string of the molecule is CNc1nc(C2CCC(C)(C)C(NC(=O)CN3CCN(c4ccccc4)CC3)C2)ccc1NCC(C)(C)C. The molecule has 1 amide bonds. The number of rotatable bonds is 8. The van der Waals surface area contributed by atoms with Crippen LogP contribution in [0, 0.1) is 10.8 Å². The van der Waals surface area contributed by atoms with E-state index in [1.54, 1.807) is 0 Å². The van der Waals surface area contributed by atoms with Crippen molar-refractivity contribution in [2.75, 3.05) is 61.8 Å². The van der Waals surface area contributed by atoms with Gasteiger partial charge < -0.3 is 20.9 Å². The standard InChI is InChI=1S/C31H48N6O/c1-30(2,3)22-33-26-13-12-25(34-29(26)32-6)23-14-15-31(4,5)27(20-23)35-28(38)21-36-16-18-37(19-17-36)24-10-8-7-9-11-24/h7-13,23,27,33H,14-22H2,1-6H3,(H,32,34)(H,35,38). The van der Waals surface area contributed by atoms with Gasteiger partial charge in [0.2, 0.25) is 5.91 Å². The Morgan fingerprint density at radius 2 is 1.76 bits per heavy atom. The van der Waals surface area contributed by atoms with Gasteiger partial charge in [0, 0.05) is 63.1 Å². The van der Waals surface area contributed by atoms with Crippen LogP contribution in [-0.2, 0) is 4.79 Å². The molecule has 4 rings (SSSR count). The minimum Gasteiger partial charge on any atom is -0.382 e. The van der Waals surface area contributed by atoms with E-state index >= 15 is 0 Å². The molecule has 1 aromatic heterocycles. The van der Waals surface area contributed by atoms with Gasteiger partial charge in [-0.2, -0.15) is 0 Å². The van der Waals surface area contributed by atoms with Crippen molar-refractivity contribution in [3.63, 3.8) is 0 Å². The molecule has 0 spiro atoms. The van der Waals surface area contributed by atoms with Crippen molar-refractivity contribution in [1.82, 2.24) is 15.2 Å². The van der Waals surface area contributed by atoms with E-state index in [9.17, 15) is 4.79 Å². The predicted octanol–water partition coefficient (Wildman–Crippen LogP) is 5.18. The number of benzene rings is 1. The van der Waals surface area contributed by atoms with E-state index in [1.165, 1.54) is 5.69 Å². The van der Waals surface area contributed by atoms with Gasteiger partial charge in [-0.15, -0.1) is 0 Å². The van der Waals surface area contributed by atoms with Crippen LogP contribution in [0.15, 0.2) is 42.5 Å². The van der Waals surface area contributed by atoms with Gasteiger partial charge in [-0.05, 0) is 54.4 Å². The first-order valence-corrected chi connectivity index (χ1v) is 14.3. The summed E-state index contributed by atoms with van der Waals surface area (Å²) in [5, 5.41) is 10.2. The third-order valence-corrected chi connectivity index (χ3v) is 8.18. The molecule has 1 aliphatic heterocycles. The number of para-hydroxylation sites is 1. The lowest BCUT2D eigenvalue weighted by molar-refractivity contribution is -0.124. The van der Waals surface area contributed by atoms with Gasteiger partial charge >= 0.3 is 0 Å². The number of carbonyl (C=O) groups is 1. The zero-order chi connectivity index (χ0) is 27.3. The zero-order valence-corrected chi connectivity index (χ0v) is 24.3. The molecule has 7 heteroatoms. The molecule has 2 heterocycles. The summed E-state index contributed by atoms with van der Waals surface area (Å²) in [4.78, 5) is 22.8. The van der Waals surface area contributed by atoms with Crippen molar-refractivity contribution in [1.29, 1.82) is 0 Å². The third-order valence-electron chi connectivity index (χ3n) is 8.18. The molecule has 2 unspecified atom stereocenters. The van der Waals surface area contributed by atoms with Crippen molar-refractivity contribution >= 4 is 23.1 Å². The van der Waals surface area contributed by atoms with E-state index in [-0.39, 0.29) is 22.8 Å². The van der Waals surface area contributed by atoms with Gasteiger partial charge in [0.15, 0.2) is 0 Å². The number of aromatic nitrogens is 1. The number of hydrogen-bond donors (Lipinski definition) is 3. The number of pyridine rings is 1. The number of piperazine rings is 1. The molecule has 1 saturated carbocycles. The smallest absolute Gasteiger partial charge is 0.234 e. The highest BCUT2D eigenvalue weighted by Gasteiger charge is 2.38. The van der Waals surface area contributed by atoms with Crippen LogP contribution in [0.1, 0.15) is 65.5 Å². The van der Waals surface area contributed by atoms with Gasteiger partial charge in [0.1, 0.15) is 5.82 Å². The average Bonchev–Trinajstić information content (AvgIpc) is 2.89. The van der Waals surface area contributed by atoms with Crippen molar-refractivity contribution in [2.24, 2.45) is 10.8 Å². The maximum Gasteiger partial charge on any atom is 0.234 e. The molecule has 1 aromatic carbocycles. The summed E-state index contributed by atoms with van der Waals surface area (Å²) in [5.41, 5.74) is 3.68. The molecule has 2 aromatic rings. The predicted molar refractivity (Wildman–Crippen MR) is 159 cm³/mol. The highest BCUT2D eigenvalue weighted by atomic mass is 16.2. The van der Waals surface area contributed by atoms with Gasteiger partial charge in [0.05, 0.1) is 12.2 Å². The first-order valence-electron chi connectivity index (χ1n) is 14.3. The maximum atomic E-state index is 13.2. The lowest BCUT2D eigenvalue weighted by Gasteiger charge is -2.43. The fourth-order valence-corrected chi connectivity index (χ4v) is 5.61. The van der Waals surface area contributed by atoms with Crippen LogP contribution in [-0.4, -0.2) is 68.1 Å². The quantitative estimate of drug-likeness (QED) is 0.445. The highest BCUT2D eigenvalue weighted by Crippen LogP contribution is 2.43. The van der Waals surface area contributed by atoms with Crippen molar-refractivity contribution < 1.29 is 4.79 Å². The van der Waals surface area contributed by atoms with E-state index in [0.29, 0.717) is 12.5 Å². The van der Waals surface area contributed by atoms with Crippen molar-refractivity contribution in [2.45, 2.75) is 65.8 Å². The fraction of sp³-hybridized carbons (Fsp3) is 0.613. The molecule has 0 bridgehead atoms. The molecule has 208 valence electrons. The lowest BCUT2D eigenvalue weighted by Crippen LogP contribution is -2.53.